The molecule has 1 saturated heterocycles. The second kappa shape index (κ2) is 6.24. The van der Waals surface area contributed by atoms with Crippen molar-refractivity contribution in [2.45, 2.75) is 12.6 Å². The molecule has 1 N–H and O–H groups in total. The van der Waals surface area contributed by atoms with Gasteiger partial charge in [0.1, 0.15) is 5.82 Å². The molecule has 0 radical (unpaired) electrons. The quantitative estimate of drug-likeness (QED) is 0.856. The number of hydrogen-bond acceptors (Lipinski definition) is 3. The average Bonchev–Trinajstić information content (AvgIpc) is 2.56. The Morgan fingerprint density at radius 3 is 2.56 bits per heavy atom. The molecule has 0 unspecified atom stereocenters. The zero-order valence-electron chi connectivity index (χ0n) is 9.70. The van der Waals surface area contributed by atoms with E-state index >= 15 is 0 Å². The molecule has 2 rings (SSSR count). The van der Waals surface area contributed by atoms with Crippen LogP contribution in [0.15, 0.2) is 18.3 Å². The predicted octanol–water partition coefficient (Wildman–Crippen LogP) is 2.32. The molecule has 0 bridgehead atoms. The summed E-state index contributed by atoms with van der Waals surface area (Å²) < 4.78 is 37.1. The van der Waals surface area contributed by atoms with Crippen LogP contribution >= 0.6 is 12.4 Å². The molecule has 0 amide bonds. The van der Waals surface area contributed by atoms with Crippen LogP contribution in [-0.2, 0) is 6.18 Å². The minimum absolute atomic E-state index is 0. The van der Waals surface area contributed by atoms with E-state index in [4.69, 9.17) is 0 Å². The number of hydrogen-bond donors (Lipinski definition) is 1. The Bertz CT molecular complexity index is 359. The summed E-state index contributed by atoms with van der Waals surface area (Å²) >= 11 is 0. The van der Waals surface area contributed by atoms with Crippen LogP contribution in [0.25, 0.3) is 0 Å². The van der Waals surface area contributed by atoms with Gasteiger partial charge in [-0.1, -0.05) is 0 Å². The molecule has 0 aromatic carbocycles. The van der Waals surface area contributed by atoms with Gasteiger partial charge in [-0.05, 0) is 25.1 Å². The van der Waals surface area contributed by atoms with Crippen LogP contribution < -0.4 is 10.2 Å². The van der Waals surface area contributed by atoms with Crippen LogP contribution in [-0.4, -0.2) is 31.2 Å². The topological polar surface area (TPSA) is 28.2 Å². The number of alkyl halides is 3. The number of nitrogens with zero attached hydrogens (tertiary/aromatic N) is 2. The molecule has 1 aliphatic rings. The smallest absolute Gasteiger partial charge is 0.355 e. The summed E-state index contributed by atoms with van der Waals surface area (Å²) in [7, 11) is 0. The molecular weight excluding hydrogens is 267 g/mol. The molecular formula is C11H15ClF3N3. The number of halogens is 4. The van der Waals surface area contributed by atoms with Gasteiger partial charge in [-0.25, -0.2) is 4.98 Å². The van der Waals surface area contributed by atoms with Gasteiger partial charge in [0.15, 0.2) is 0 Å². The van der Waals surface area contributed by atoms with E-state index in [0.717, 1.165) is 44.9 Å². The van der Waals surface area contributed by atoms with Crippen molar-refractivity contribution < 1.29 is 13.2 Å². The minimum atomic E-state index is -4.31. The van der Waals surface area contributed by atoms with E-state index in [0.29, 0.717) is 5.82 Å². The first kappa shape index (κ1) is 15.0. The van der Waals surface area contributed by atoms with Gasteiger partial charge in [0, 0.05) is 25.8 Å². The number of pyridine rings is 1. The van der Waals surface area contributed by atoms with Gasteiger partial charge in [0.2, 0.25) is 0 Å². The third-order valence-electron chi connectivity index (χ3n) is 2.74. The van der Waals surface area contributed by atoms with Crippen LogP contribution in [0.3, 0.4) is 0 Å². The molecule has 1 aromatic rings. The fraction of sp³-hybridized carbons (Fsp3) is 0.545. The molecule has 0 saturated carbocycles. The Morgan fingerprint density at radius 1 is 1.17 bits per heavy atom. The molecule has 1 fully saturated rings. The zero-order chi connectivity index (χ0) is 12.3. The highest BCUT2D eigenvalue weighted by Gasteiger charge is 2.30. The van der Waals surface area contributed by atoms with Crippen LogP contribution in [0.1, 0.15) is 12.0 Å². The Hall–Kier alpha value is -1.01. The van der Waals surface area contributed by atoms with Crippen molar-refractivity contribution in [3.8, 4) is 0 Å². The van der Waals surface area contributed by atoms with Crippen molar-refractivity contribution in [3.05, 3.63) is 23.9 Å². The standard InChI is InChI=1S/C11H14F3N3.ClH/c12-11(13,14)9-2-3-10(16-8-9)17-6-1-4-15-5-7-17;/h2-3,8,15H,1,4-7H2;1H. The maximum absolute atomic E-state index is 12.4. The lowest BCUT2D eigenvalue weighted by atomic mass is 10.2. The highest BCUT2D eigenvalue weighted by atomic mass is 35.5. The maximum Gasteiger partial charge on any atom is 0.417 e. The SMILES string of the molecule is Cl.FC(F)(F)c1ccc(N2CCCNCC2)nc1. The summed E-state index contributed by atoms with van der Waals surface area (Å²) in [5.74, 6) is 0.613. The zero-order valence-corrected chi connectivity index (χ0v) is 10.5. The van der Waals surface area contributed by atoms with E-state index in [-0.39, 0.29) is 12.4 Å². The fourth-order valence-corrected chi connectivity index (χ4v) is 1.82. The second-order valence-electron chi connectivity index (χ2n) is 3.99. The first-order chi connectivity index (χ1) is 8.07. The summed E-state index contributed by atoms with van der Waals surface area (Å²) in [6.07, 6.45) is -2.44. The number of anilines is 1. The van der Waals surface area contributed by atoms with Crippen molar-refractivity contribution in [1.29, 1.82) is 0 Å². The monoisotopic (exact) mass is 281 g/mol. The largest absolute Gasteiger partial charge is 0.417 e. The Balaban J connectivity index is 0.00000162. The van der Waals surface area contributed by atoms with E-state index < -0.39 is 11.7 Å². The van der Waals surface area contributed by atoms with Crippen molar-refractivity contribution in [1.82, 2.24) is 10.3 Å². The van der Waals surface area contributed by atoms with Crippen LogP contribution in [0.2, 0.25) is 0 Å². The lowest BCUT2D eigenvalue weighted by Crippen LogP contribution is -2.28. The van der Waals surface area contributed by atoms with Crippen LogP contribution in [0.4, 0.5) is 19.0 Å². The predicted molar refractivity (Wildman–Crippen MR) is 66.2 cm³/mol. The Kier molecular flexibility index (Phi) is 5.22. The van der Waals surface area contributed by atoms with E-state index in [2.05, 4.69) is 10.3 Å². The molecule has 2 heterocycles. The van der Waals surface area contributed by atoms with Crippen molar-refractivity contribution in [2.24, 2.45) is 0 Å². The molecule has 1 aromatic heterocycles. The maximum atomic E-state index is 12.4. The third kappa shape index (κ3) is 3.74. The van der Waals surface area contributed by atoms with Crippen LogP contribution in [0.5, 0.6) is 0 Å². The van der Waals surface area contributed by atoms with Gasteiger partial charge < -0.3 is 10.2 Å². The first-order valence-corrected chi connectivity index (χ1v) is 5.56. The summed E-state index contributed by atoms with van der Waals surface area (Å²) in [6, 6.07) is 2.52. The molecule has 0 spiro atoms. The van der Waals surface area contributed by atoms with Gasteiger partial charge >= 0.3 is 6.18 Å². The van der Waals surface area contributed by atoms with E-state index in [1.165, 1.54) is 6.07 Å². The highest BCUT2D eigenvalue weighted by molar-refractivity contribution is 5.85. The second-order valence-corrected chi connectivity index (χ2v) is 3.99. The molecule has 7 heteroatoms. The Morgan fingerprint density at radius 2 is 1.94 bits per heavy atom. The van der Waals surface area contributed by atoms with Crippen molar-refractivity contribution >= 4 is 18.2 Å². The fourth-order valence-electron chi connectivity index (χ4n) is 1.82. The average molecular weight is 282 g/mol. The third-order valence-corrected chi connectivity index (χ3v) is 2.74. The molecule has 0 aliphatic carbocycles. The first-order valence-electron chi connectivity index (χ1n) is 5.56. The van der Waals surface area contributed by atoms with Crippen molar-refractivity contribution in [2.75, 3.05) is 31.1 Å². The molecule has 102 valence electrons. The van der Waals surface area contributed by atoms with Crippen LogP contribution in [0, 0.1) is 0 Å². The van der Waals surface area contributed by atoms with Gasteiger partial charge in [0.25, 0.3) is 0 Å². The summed E-state index contributed by atoms with van der Waals surface area (Å²) in [4.78, 5) is 5.89. The minimum Gasteiger partial charge on any atom is -0.355 e. The summed E-state index contributed by atoms with van der Waals surface area (Å²) in [5, 5.41) is 3.23. The lowest BCUT2D eigenvalue weighted by Gasteiger charge is -2.21. The lowest BCUT2D eigenvalue weighted by molar-refractivity contribution is -0.137. The highest BCUT2D eigenvalue weighted by Crippen LogP contribution is 2.29. The Labute approximate surface area is 110 Å². The molecule has 3 nitrogen and oxygen atoms in total. The van der Waals surface area contributed by atoms with Gasteiger partial charge in [-0.15, -0.1) is 12.4 Å². The van der Waals surface area contributed by atoms with Gasteiger partial charge in [0.05, 0.1) is 5.56 Å². The molecule has 18 heavy (non-hydrogen) atoms. The van der Waals surface area contributed by atoms with E-state index in [9.17, 15) is 13.2 Å². The number of nitrogens with one attached hydrogen (secondary N) is 1. The number of rotatable bonds is 1. The van der Waals surface area contributed by atoms with E-state index in [1.54, 1.807) is 0 Å². The normalized spacial score (nSPS) is 16.9. The summed E-state index contributed by atoms with van der Waals surface area (Å²) in [5.41, 5.74) is -0.700. The van der Waals surface area contributed by atoms with Gasteiger partial charge in [-0.3, -0.25) is 0 Å². The molecule has 0 atom stereocenters. The van der Waals surface area contributed by atoms with E-state index in [1.807, 2.05) is 4.90 Å². The van der Waals surface area contributed by atoms with Gasteiger partial charge in [-0.2, -0.15) is 13.2 Å². The summed E-state index contributed by atoms with van der Waals surface area (Å²) in [6.45, 7) is 3.38. The molecule has 1 aliphatic heterocycles. The number of aromatic nitrogens is 1. The van der Waals surface area contributed by atoms with Crippen molar-refractivity contribution in [3.63, 3.8) is 0 Å².